The van der Waals surface area contributed by atoms with Gasteiger partial charge in [-0.1, -0.05) is 41.4 Å². The molecule has 10 heteroatoms. The number of sulfonamides is 1. The molecule has 0 unspecified atom stereocenters. The van der Waals surface area contributed by atoms with E-state index < -0.39 is 33.7 Å². The van der Waals surface area contributed by atoms with Crippen molar-refractivity contribution in [3.63, 3.8) is 0 Å². The summed E-state index contributed by atoms with van der Waals surface area (Å²) in [6.45, 7) is 1.95. The molecule has 1 aliphatic heterocycles. The molecule has 0 saturated carbocycles. The average molecular weight is 546 g/mol. The molecule has 1 saturated heterocycles. The van der Waals surface area contributed by atoms with Crippen molar-refractivity contribution in [3.8, 4) is 6.07 Å². The van der Waals surface area contributed by atoms with E-state index in [9.17, 15) is 22.9 Å². The molecule has 0 aliphatic carbocycles. The van der Waals surface area contributed by atoms with E-state index in [1.807, 2.05) is 0 Å². The molecule has 6 nitrogen and oxygen atoms in total. The van der Waals surface area contributed by atoms with Gasteiger partial charge in [-0.15, -0.1) is 0 Å². The van der Waals surface area contributed by atoms with Crippen molar-refractivity contribution in [2.45, 2.75) is 36.6 Å². The standard InChI is InChI=1S/C26H22Cl2FN3O3S/c1-16-13-21(22(15-30)17-4-6-18(27)7-5-17)23(28)14-24(16)31-26(33)25-3-2-12-32(25)36(34,35)20-10-8-19(29)9-11-20/h4-11,13-14,22,25H,2-3,12H2,1H3,(H,31,33)/t22-,25+/m1/s1. The molecule has 0 aromatic heterocycles. The molecule has 4 rings (SSSR count). The zero-order chi connectivity index (χ0) is 26.0. The summed E-state index contributed by atoms with van der Waals surface area (Å²) in [5, 5.41) is 13.4. The lowest BCUT2D eigenvalue weighted by Gasteiger charge is -2.24. The summed E-state index contributed by atoms with van der Waals surface area (Å²) in [5.74, 6) is -1.67. The van der Waals surface area contributed by atoms with Crippen molar-refractivity contribution in [1.29, 1.82) is 5.26 Å². The van der Waals surface area contributed by atoms with E-state index in [2.05, 4.69) is 11.4 Å². The lowest BCUT2D eigenvalue weighted by Crippen LogP contribution is -2.43. The molecule has 1 aliphatic rings. The number of halogens is 3. The van der Waals surface area contributed by atoms with Crippen LogP contribution in [0.5, 0.6) is 0 Å². The van der Waals surface area contributed by atoms with Gasteiger partial charge in [0.1, 0.15) is 11.9 Å². The van der Waals surface area contributed by atoms with Gasteiger partial charge >= 0.3 is 0 Å². The van der Waals surface area contributed by atoms with Gasteiger partial charge in [-0.05, 0) is 78.9 Å². The highest BCUT2D eigenvalue weighted by Gasteiger charge is 2.39. The fourth-order valence-corrected chi connectivity index (χ4v) is 6.34. The molecule has 1 N–H and O–H groups in total. The Kier molecular flexibility index (Phi) is 7.67. The normalized spacial score (nSPS) is 16.9. The van der Waals surface area contributed by atoms with E-state index in [0.717, 1.165) is 22.0 Å². The summed E-state index contributed by atoms with van der Waals surface area (Å²) in [6.07, 6.45) is 0.867. The Bertz CT molecular complexity index is 1440. The van der Waals surface area contributed by atoms with E-state index in [-0.39, 0.29) is 11.4 Å². The SMILES string of the molecule is Cc1cc([C@H](C#N)c2ccc(Cl)cc2)c(Cl)cc1NC(=O)[C@@H]1CCCN1S(=O)(=O)c1ccc(F)cc1. The largest absolute Gasteiger partial charge is 0.324 e. The zero-order valence-corrected chi connectivity index (χ0v) is 21.5. The molecule has 186 valence electrons. The van der Waals surface area contributed by atoms with Crippen LogP contribution in [0.4, 0.5) is 10.1 Å². The number of aryl methyl sites for hydroxylation is 1. The highest BCUT2D eigenvalue weighted by atomic mass is 35.5. The fraction of sp³-hybridized carbons (Fsp3) is 0.231. The van der Waals surface area contributed by atoms with Crippen molar-refractivity contribution in [2.75, 3.05) is 11.9 Å². The molecule has 1 fully saturated rings. The van der Waals surface area contributed by atoms with Gasteiger partial charge in [0, 0.05) is 22.3 Å². The summed E-state index contributed by atoms with van der Waals surface area (Å²) < 4.78 is 40.6. The maximum Gasteiger partial charge on any atom is 0.243 e. The third-order valence-corrected chi connectivity index (χ3v) is 8.67. The first-order valence-corrected chi connectivity index (χ1v) is 13.3. The predicted molar refractivity (Wildman–Crippen MR) is 137 cm³/mol. The highest BCUT2D eigenvalue weighted by Crippen LogP contribution is 2.35. The lowest BCUT2D eigenvalue weighted by atomic mass is 9.91. The van der Waals surface area contributed by atoms with Crippen LogP contribution in [0.15, 0.2) is 65.6 Å². The second kappa shape index (κ2) is 10.6. The average Bonchev–Trinajstić information content (AvgIpc) is 3.35. The fourth-order valence-electron chi connectivity index (χ4n) is 4.29. The number of amides is 1. The van der Waals surface area contributed by atoms with E-state index >= 15 is 0 Å². The Morgan fingerprint density at radius 1 is 1.14 bits per heavy atom. The maximum atomic E-state index is 13.3. The lowest BCUT2D eigenvalue weighted by molar-refractivity contribution is -0.119. The van der Waals surface area contributed by atoms with Crippen LogP contribution in [0.25, 0.3) is 0 Å². The van der Waals surface area contributed by atoms with Crippen LogP contribution < -0.4 is 5.32 Å². The molecule has 36 heavy (non-hydrogen) atoms. The van der Waals surface area contributed by atoms with E-state index in [1.165, 1.54) is 12.1 Å². The topological polar surface area (TPSA) is 90.3 Å². The number of nitrogens with one attached hydrogen (secondary N) is 1. The van der Waals surface area contributed by atoms with Gasteiger partial charge in [-0.2, -0.15) is 9.57 Å². The quantitative estimate of drug-likeness (QED) is 0.418. The van der Waals surface area contributed by atoms with Crippen LogP contribution >= 0.6 is 23.2 Å². The van der Waals surface area contributed by atoms with Crippen molar-refractivity contribution in [1.82, 2.24) is 4.31 Å². The molecule has 2 atom stereocenters. The summed E-state index contributed by atoms with van der Waals surface area (Å²) in [5.41, 5.74) is 2.40. The first-order chi connectivity index (χ1) is 17.1. The predicted octanol–water partition coefficient (Wildman–Crippen LogP) is 5.89. The number of hydrogen-bond acceptors (Lipinski definition) is 4. The molecule has 1 heterocycles. The Labute approximate surface area is 219 Å². The molecule has 0 radical (unpaired) electrons. The number of anilines is 1. The number of carbonyl (C=O) groups excluding carboxylic acids is 1. The number of nitriles is 1. The van der Waals surface area contributed by atoms with Crippen LogP contribution in [0.1, 0.15) is 35.4 Å². The number of carbonyl (C=O) groups is 1. The Morgan fingerprint density at radius 3 is 2.44 bits per heavy atom. The summed E-state index contributed by atoms with van der Waals surface area (Å²) in [4.78, 5) is 13.1. The van der Waals surface area contributed by atoms with Gasteiger partial charge < -0.3 is 5.32 Å². The summed E-state index contributed by atoms with van der Waals surface area (Å²) in [6, 6.07) is 16.1. The van der Waals surface area contributed by atoms with E-state index in [1.54, 1.807) is 43.3 Å². The molecular weight excluding hydrogens is 524 g/mol. The minimum Gasteiger partial charge on any atom is -0.324 e. The second-order valence-corrected chi connectivity index (χ2v) is 11.3. The Hall–Kier alpha value is -2.96. The molecular formula is C26H22Cl2FN3O3S. The van der Waals surface area contributed by atoms with Crippen LogP contribution in [-0.2, 0) is 14.8 Å². The maximum absolute atomic E-state index is 13.3. The van der Waals surface area contributed by atoms with Gasteiger partial charge in [-0.3, -0.25) is 4.79 Å². The molecule has 1 amide bonds. The monoisotopic (exact) mass is 545 g/mol. The van der Waals surface area contributed by atoms with Crippen LogP contribution in [0.3, 0.4) is 0 Å². The minimum absolute atomic E-state index is 0.0723. The van der Waals surface area contributed by atoms with Gasteiger partial charge in [0.2, 0.25) is 15.9 Å². The number of benzene rings is 3. The molecule has 3 aromatic carbocycles. The van der Waals surface area contributed by atoms with Gasteiger partial charge in [0.05, 0.1) is 16.9 Å². The highest BCUT2D eigenvalue weighted by molar-refractivity contribution is 7.89. The van der Waals surface area contributed by atoms with Gasteiger partial charge in [0.25, 0.3) is 0 Å². The third-order valence-electron chi connectivity index (χ3n) is 6.17. The van der Waals surface area contributed by atoms with Gasteiger partial charge in [-0.25, -0.2) is 12.8 Å². The van der Waals surface area contributed by atoms with Crippen LogP contribution in [0.2, 0.25) is 10.0 Å². The first kappa shape index (κ1) is 26.1. The van der Waals surface area contributed by atoms with Crippen molar-refractivity contribution >= 4 is 44.8 Å². The number of rotatable bonds is 6. The smallest absolute Gasteiger partial charge is 0.243 e. The van der Waals surface area contributed by atoms with Crippen molar-refractivity contribution < 1.29 is 17.6 Å². The van der Waals surface area contributed by atoms with Crippen LogP contribution in [0, 0.1) is 24.1 Å². The van der Waals surface area contributed by atoms with Crippen molar-refractivity contribution in [2.24, 2.45) is 0 Å². The van der Waals surface area contributed by atoms with Gasteiger partial charge in [0.15, 0.2) is 0 Å². The Morgan fingerprint density at radius 2 is 1.81 bits per heavy atom. The molecule has 0 spiro atoms. The number of nitrogens with zero attached hydrogens (tertiary/aromatic N) is 2. The third kappa shape index (κ3) is 5.25. The first-order valence-electron chi connectivity index (χ1n) is 11.1. The Balaban J connectivity index is 1.57. The van der Waals surface area contributed by atoms with Crippen molar-refractivity contribution in [3.05, 3.63) is 93.2 Å². The second-order valence-electron chi connectivity index (χ2n) is 8.52. The molecule has 0 bridgehead atoms. The summed E-state index contributed by atoms with van der Waals surface area (Å²) >= 11 is 12.5. The van der Waals surface area contributed by atoms with E-state index in [0.29, 0.717) is 39.7 Å². The molecule has 3 aromatic rings. The number of hydrogen-bond donors (Lipinski definition) is 1. The van der Waals surface area contributed by atoms with E-state index in [4.69, 9.17) is 23.2 Å². The summed E-state index contributed by atoms with van der Waals surface area (Å²) in [7, 11) is -3.98. The van der Waals surface area contributed by atoms with Crippen LogP contribution in [-0.4, -0.2) is 31.2 Å². The zero-order valence-electron chi connectivity index (χ0n) is 19.2. The minimum atomic E-state index is -3.98.